The minimum Gasteiger partial charge on any atom is -0.330 e. The van der Waals surface area contributed by atoms with Crippen LogP contribution < -0.4 is 5.73 Å². The number of nitrogens with two attached hydrogens (primary N) is 1. The average molecular weight is 155 g/mol. The van der Waals surface area contributed by atoms with E-state index in [1.807, 2.05) is 0 Å². The van der Waals surface area contributed by atoms with Crippen molar-refractivity contribution in [2.24, 2.45) is 11.1 Å². The Labute approximate surface area is 70.7 Å². The van der Waals surface area contributed by atoms with Crippen molar-refractivity contribution >= 4 is 0 Å². The summed E-state index contributed by atoms with van der Waals surface area (Å²) in [5.74, 6) is 0. The molecule has 1 nitrogen and oxygen atoms in total. The SMILES string of the molecule is C=C(CC)CC(C)(C)CCN. The van der Waals surface area contributed by atoms with E-state index in [1.165, 1.54) is 5.57 Å². The van der Waals surface area contributed by atoms with E-state index in [1.54, 1.807) is 0 Å². The van der Waals surface area contributed by atoms with Crippen molar-refractivity contribution in [2.75, 3.05) is 6.54 Å². The van der Waals surface area contributed by atoms with Crippen LogP contribution in [0, 0.1) is 5.41 Å². The van der Waals surface area contributed by atoms with Crippen molar-refractivity contribution < 1.29 is 0 Å². The van der Waals surface area contributed by atoms with Crippen LogP contribution in [0.2, 0.25) is 0 Å². The van der Waals surface area contributed by atoms with Crippen LogP contribution in [0.4, 0.5) is 0 Å². The molecule has 0 unspecified atom stereocenters. The number of hydrogen-bond acceptors (Lipinski definition) is 1. The van der Waals surface area contributed by atoms with E-state index in [0.29, 0.717) is 5.41 Å². The van der Waals surface area contributed by atoms with Crippen LogP contribution >= 0.6 is 0 Å². The van der Waals surface area contributed by atoms with Crippen LogP contribution in [0.5, 0.6) is 0 Å². The summed E-state index contributed by atoms with van der Waals surface area (Å²) in [7, 11) is 0. The predicted molar refractivity (Wildman–Crippen MR) is 51.5 cm³/mol. The lowest BCUT2D eigenvalue weighted by Crippen LogP contribution is -2.17. The van der Waals surface area contributed by atoms with Gasteiger partial charge in [0.15, 0.2) is 0 Å². The van der Waals surface area contributed by atoms with Gasteiger partial charge in [0.25, 0.3) is 0 Å². The molecule has 0 radical (unpaired) electrons. The molecule has 1 heteroatoms. The van der Waals surface area contributed by atoms with Gasteiger partial charge in [-0.1, -0.05) is 32.9 Å². The Morgan fingerprint density at radius 1 is 1.45 bits per heavy atom. The van der Waals surface area contributed by atoms with Crippen molar-refractivity contribution in [3.63, 3.8) is 0 Å². The summed E-state index contributed by atoms with van der Waals surface area (Å²) >= 11 is 0. The molecule has 0 aromatic rings. The lowest BCUT2D eigenvalue weighted by Gasteiger charge is -2.24. The van der Waals surface area contributed by atoms with E-state index < -0.39 is 0 Å². The number of hydrogen-bond donors (Lipinski definition) is 1. The molecule has 0 saturated heterocycles. The van der Waals surface area contributed by atoms with Crippen LogP contribution in [0.3, 0.4) is 0 Å². The fourth-order valence-corrected chi connectivity index (χ4v) is 1.28. The Kier molecular flexibility index (Phi) is 4.43. The summed E-state index contributed by atoms with van der Waals surface area (Å²) in [5.41, 5.74) is 7.19. The highest BCUT2D eigenvalue weighted by molar-refractivity contribution is 4.97. The second-order valence-corrected chi connectivity index (χ2v) is 3.98. The molecule has 0 aromatic heterocycles. The Balaban J connectivity index is 3.80. The first-order valence-corrected chi connectivity index (χ1v) is 4.38. The van der Waals surface area contributed by atoms with Gasteiger partial charge in [-0.25, -0.2) is 0 Å². The number of rotatable bonds is 5. The van der Waals surface area contributed by atoms with Gasteiger partial charge in [0.1, 0.15) is 0 Å². The van der Waals surface area contributed by atoms with Crippen LogP contribution in [0.25, 0.3) is 0 Å². The molecule has 0 saturated carbocycles. The molecule has 66 valence electrons. The maximum Gasteiger partial charge on any atom is -0.00721 e. The Morgan fingerprint density at radius 2 is 2.00 bits per heavy atom. The fourth-order valence-electron chi connectivity index (χ4n) is 1.28. The molecule has 0 spiro atoms. The standard InChI is InChI=1S/C10H21N/c1-5-9(2)8-10(3,4)6-7-11/h2,5-8,11H2,1,3-4H3. The smallest absolute Gasteiger partial charge is 0.00721 e. The summed E-state index contributed by atoms with van der Waals surface area (Å²) in [5, 5.41) is 0. The van der Waals surface area contributed by atoms with E-state index >= 15 is 0 Å². The lowest BCUT2D eigenvalue weighted by atomic mass is 9.82. The van der Waals surface area contributed by atoms with Crippen molar-refractivity contribution in [3.05, 3.63) is 12.2 Å². The first-order valence-electron chi connectivity index (χ1n) is 4.38. The highest BCUT2D eigenvalue weighted by Gasteiger charge is 2.16. The molecule has 0 rings (SSSR count). The summed E-state index contributed by atoms with van der Waals surface area (Å²) in [6, 6.07) is 0. The Hall–Kier alpha value is -0.300. The molecular formula is C10H21N. The molecule has 0 aromatic carbocycles. The minimum absolute atomic E-state index is 0.349. The lowest BCUT2D eigenvalue weighted by molar-refractivity contribution is 0.335. The molecule has 0 fully saturated rings. The fraction of sp³-hybridized carbons (Fsp3) is 0.800. The zero-order chi connectivity index (χ0) is 8.91. The van der Waals surface area contributed by atoms with Gasteiger partial charge in [-0.2, -0.15) is 0 Å². The second-order valence-electron chi connectivity index (χ2n) is 3.98. The quantitative estimate of drug-likeness (QED) is 0.607. The first kappa shape index (κ1) is 10.7. The van der Waals surface area contributed by atoms with Gasteiger partial charge in [0, 0.05) is 0 Å². The van der Waals surface area contributed by atoms with Crippen molar-refractivity contribution in [3.8, 4) is 0 Å². The highest BCUT2D eigenvalue weighted by atomic mass is 14.5. The van der Waals surface area contributed by atoms with Crippen LogP contribution in [-0.2, 0) is 0 Å². The van der Waals surface area contributed by atoms with E-state index in [0.717, 1.165) is 25.8 Å². The third-order valence-electron chi connectivity index (χ3n) is 2.05. The minimum atomic E-state index is 0.349. The molecule has 0 amide bonds. The maximum absolute atomic E-state index is 5.50. The van der Waals surface area contributed by atoms with E-state index in [9.17, 15) is 0 Å². The molecule has 0 heterocycles. The molecule has 0 aliphatic rings. The van der Waals surface area contributed by atoms with Gasteiger partial charge >= 0.3 is 0 Å². The van der Waals surface area contributed by atoms with E-state index in [-0.39, 0.29) is 0 Å². The summed E-state index contributed by atoms with van der Waals surface area (Å²) in [4.78, 5) is 0. The maximum atomic E-state index is 5.50. The van der Waals surface area contributed by atoms with Gasteiger partial charge in [0.05, 0.1) is 0 Å². The highest BCUT2D eigenvalue weighted by Crippen LogP contribution is 2.28. The largest absolute Gasteiger partial charge is 0.330 e. The summed E-state index contributed by atoms with van der Waals surface area (Å²) in [6.07, 6.45) is 3.29. The monoisotopic (exact) mass is 155 g/mol. The van der Waals surface area contributed by atoms with Crippen molar-refractivity contribution in [2.45, 2.75) is 40.0 Å². The van der Waals surface area contributed by atoms with Crippen molar-refractivity contribution in [1.29, 1.82) is 0 Å². The van der Waals surface area contributed by atoms with E-state index in [2.05, 4.69) is 27.4 Å². The molecular weight excluding hydrogens is 134 g/mol. The summed E-state index contributed by atoms with van der Waals surface area (Å²) in [6.45, 7) is 11.4. The first-order chi connectivity index (χ1) is 5.02. The zero-order valence-corrected chi connectivity index (χ0v) is 8.11. The average Bonchev–Trinajstić information content (AvgIpc) is 1.86. The predicted octanol–water partition coefficient (Wildman–Crippen LogP) is 2.72. The third-order valence-corrected chi connectivity index (χ3v) is 2.05. The van der Waals surface area contributed by atoms with Gasteiger partial charge in [-0.05, 0) is 31.2 Å². The molecule has 0 aliphatic carbocycles. The van der Waals surface area contributed by atoms with Gasteiger partial charge in [-0.15, -0.1) is 0 Å². The normalized spacial score (nSPS) is 11.6. The second kappa shape index (κ2) is 4.55. The molecule has 2 N–H and O–H groups in total. The van der Waals surface area contributed by atoms with Crippen molar-refractivity contribution in [1.82, 2.24) is 0 Å². The molecule has 0 aliphatic heterocycles. The van der Waals surface area contributed by atoms with Gasteiger partial charge in [0.2, 0.25) is 0 Å². The Bertz CT molecular complexity index is 125. The Morgan fingerprint density at radius 3 is 2.36 bits per heavy atom. The molecule has 0 atom stereocenters. The van der Waals surface area contributed by atoms with Gasteiger partial charge < -0.3 is 5.73 Å². The molecule has 11 heavy (non-hydrogen) atoms. The zero-order valence-electron chi connectivity index (χ0n) is 8.11. The topological polar surface area (TPSA) is 26.0 Å². The van der Waals surface area contributed by atoms with Crippen LogP contribution in [-0.4, -0.2) is 6.54 Å². The third kappa shape index (κ3) is 5.02. The van der Waals surface area contributed by atoms with E-state index in [4.69, 9.17) is 5.73 Å². The van der Waals surface area contributed by atoms with Crippen LogP contribution in [0.1, 0.15) is 40.0 Å². The number of allylic oxidation sites excluding steroid dienone is 1. The van der Waals surface area contributed by atoms with Crippen LogP contribution in [0.15, 0.2) is 12.2 Å². The van der Waals surface area contributed by atoms with Gasteiger partial charge in [-0.3, -0.25) is 0 Å². The molecule has 0 bridgehead atoms. The summed E-state index contributed by atoms with van der Waals surface area (Å²) < 4.78 is 0.